The van der Waals surface area contributed by atoms with Crippen molar-refractivity contribution in [2.45, 2.75) is 13.1 Å². The topological polar surface area (TPSA) is 9.23 Å². The predicted molar refractivity (Wildman–Crippen MR) is 57.4 cm³/mol. The summed E-state index contributed by atoms with van der Waals surface area (Å²) in [6.45, 7) is 2.78. The lowest BCUT2D eigenvalue weighted by molar-refractivity contribution is 0.215. The molecule has 0 spiro atoms. The molecule has 0 saturated heterocycles. The summed E-state index contributed by atoms with van der Waals surface area (Å²) in [4.78, 5) is 0. The maximum atomic E-state index is 4.54. The van der Waals surface area contributed by atoms with Crippen molar-refractivity contribution in [3.63, 3.8) is 0 Å². The molecule has 1 atom stereocenters. The highest BCUT2D eigenvalue weighted by molar-refractivity contribution is 7.15. The van der Waals surface area contributed by atoms with Crippen LogP contribution in [0.25, 0.3) is 0 Å². The fourth-order valence-electron chi connectivity index (χ4n) is 0.614. The molecule has 0 fully saturated rings. The smallest absolute Gasteiger partial charge is 0.0433 e. The quantitative estimate of drug-likeness (QED) is 0.642. The molecule has 0 aromatic heterocycles. The van der Waals surface area contributed by atoms with Crippen LogP contribution in [0, 0.1) is 0 Å². The SMILES string of the molecule is CCOC.PCc1ccccc1. The summed E-state index contributed by atoms with van der Waals surface area (Å²) in [5.41, 5.74) is 1.37. The molecule has 2 heteroatoms. The first-order chi connectivity index (χ1) is 5.85. The lowest BCUT2D eigenvalue weighted by atomic mass is 10.2. The Balaban J connectivity index is 0.000000261. The number of ether oxygens (including phenoxy) is 1. The van der Waals surface area contributed by atoms with Crippen LogP contribution in [0.3, 0.4) is 0 Å². The summed E-state index contributed by atoms with van der Waals surface area (Å²) in [5, 5.41) is 0. The van der Waals surface area contributed by atoms with Gasteiger partial charge in [0.1, 0.15) is 0 Å². The van der Waals surface area contributed by atoms with Crippen LogP contribution in [0.15, 0.2) is 30.3 Å². The number of methoxy groups -OCH3 is 1. The Bertz CT molecular complexity index is 172. The Morgan fingerprint density at radius 2 is 1.75 bits per heavy atom. The highest BCUT2D eigenvalue weighted by atomic mass is 31.0. The fraction of sp³-hybridized carbons (Fsp3) is 0.400. The molecule has 1 nitrogen and oxygen atoms in total. The Morgan fingerprint density at radius 1 is 1.25 bits per heavy atom. The molecule has 0 saturated carbocycles. The Morgan fingerprint density at radius 3 is 2.00 bits per heavy atom. The van der Waals surface area contributed by atoms with E-state index in [0.717, 1.165) is 12.8 Å². The molecule has 0 aliphatic rings. The normalized spacial score (nSPS) is 8.58. The van der Waals surface area contributed by atoms with Gasteiger partial charge in [0.05, 0.1) is 0 Å². The predicted octanol–water partition coefficient (Wildman–Crippen LogP) is 2.71. The van der Waals surface area contributed by atoms with Gasteiger partial charge in [0, 0.05) is 13.7 Å². The summed E-state index contributed by atoms with van der Waals surface area (Å²) in [5.74, 6) is 0. The molecule has 12 heavy (non-hydrogen) atoms. The van der Waals surface area contributed by atoms with Crippen LogP contribution in [-0.4, -0.2) is 13.7 Å². The van der Waals surface area contributed by atoms with Crippen LogP contribution in [0.5, 0.6) is 0 Å². The third-order valence-electron chi connectivity index (χ3n) is 1.37. The van der Waals surface area contributed by atoms with Gasteiger partial charge in [-0.3, -0.25) is 0 Å². The first-order valence-electron chi connectivity index (χ1n) is 4.08. The van der Waals surface area contributed by atoms with Gasteiger partial charge in [-0.15, -0.1) is 9.24 Å². The van der Waals surface area contributed by atoms with E-state index in [1.807, 2.05) is 13.0 Å². The van der Waals surface area contributed by atoms with Gasteiger partial charge in [-0.25, -0.2) is 0 Å². The Kier molecular flexibility index (Phi) is 8.42. The van der Waals surface area contributed by atoms with E-state index in [2.05, 4.69) is 38.2 Å². The minimum Gasteiger partial charge on any atom is -0.385 e. The minimum absolute atomic E-state index is 0.819. The van der Waals surface area contributed by atoms with Gasteiger partial charge in [0.25, 0.3) is 0 Å². The highest BCUT2D eigenvalue weighted by Gasteiger charge is 1.80. The van der Waals surface area contributed by atoms with Gasteiger partial charge >= 0.3 is 0 Å². The summed E-state index contributed by atoms with van der Waals surface area (Å²) < 4.78 is 4.54. The van der Waals surface area contributed by atoms with E-state index < -0.39 is 0 Å². The highest BCUT2D eigenvalue weighted by Crippen LogP contribution is 2.02. The van der Waals surface area contributed by atoms with E-state index in [4.69, 9.17) is 0 Å². The second kappa shape index (κ2) is 8.70. The number of rotatable bonds is 2. The van der Waals surface area contributed by atoms with Crippen LogP contribution in [0.4, 0.5) is 0 Å². The van der Waals surface area contributed by atoms with E-state index in [9.17, 15) is 0 Å². The van der Waals surface area contributed by atoms with Crippen molar-refractivity contribution in [1.82, 2.24) is 0 Å². The van der Waals surface area contributed by atoms with Crippen molar-refractivity contribution in [3.05, 3.63) is 35.9 Å². The molecular weight excluding hydrogens is 167 g/mol. The standard InChI is InChI=1S/C7H9P.C3H8O/c8-6-7-4-2-1-3-5-7;1-3-4-2/h1-5H,6,8H2;3H2,1-2H3. The average Bonchev–Trinajstić information content (AvgIpc) is 2.19. The molecule has 1 aromatic rings. The van der Waals surface area contributed by atoms with Crippen LogP contribution in [0.2, 0.25) is 0 Å². The van der Waals surface area contributed by atoms with Gasteiger partial charge in [-0.2, -0.15) is 0 Å². The van der Waals surface area contributed by atoms with Gasteiger partial charge in [-0.05, 0) is 18.6 Å². The third kappa shape index (κ3) is 6.33. The van der Waals surface area contributed by atoms with Gasteiger partial charge in [-0.1, -0.05) is 30.3 Å². The number of benzene rings is 1. The molecule has 0 N–H and O–H groups in total. The molecule has 68 valence electrons. The van der Waals surface area contributed by atoms with E-state index in [1.165, 1.54) is 5.56 Å². The van der Waals surface area contributed by atoms with Gasteiger partial charge in [0.2, 0.25) is 0 Å². The van der Waals surface area contributed by atoms with Crippen molar-refractivity contribution >= 4 is 9.24 Å². The van der Waals surface area contributed by atoms with Crippen LogP contribution in [0.1, 0.15) is 12.5 Å². The molecule has 0 radical (unpaired) electrons. The molecule has 0 bridgehead atoms. The zero-order valence-corrected chi connectivity index (χ0v) is 8.94. The van der Waals surface area contributed by atoms with Crippen LogP contribution >= 0.6 is 9.24 Å². The van der Waals surface area contributed by atoms with E-state index in [1.54, 1.807) is 7.11 Å². The molecule has 1 aromatic carbocycles. The number of hydrogen-bond donors (Lipinski definition) is 0. The van der Waals surface area contributed by atoms with Crippen molar-refractivity contribution in [3.8, 4) is 0 Å². The average molecular weight is 184 g/mol. The fourth-order valence-corrected chi connectivity index (χ4v) is 0.886. The first kappa shape index (κ1) is 11.6. The molecular formula is C10H17OP. The third-order valence-corrected chi connectivity index (χ3v) is 1.84. The monoisotopic (exact) mass is 184 g/mol. The van der Waals surface area contributed by atoms with Crippen molar-refractivity contribution in [1.29, 1.82) is 0 Å². The van der Waals surface area contributed by atoms with Crippen molar-refractivity contribution in [2.75, 3.05) is 13.7 Å². The van der Waals surface area contributed by atoms with Crippen LogP contribution in [-0.2, 0) is 10.9 Å². The lowest BCUT2D eigenvalue weighted by Crippen LogP contribution is -1.73. The minimum atomic E-state index is 0.819. The van der Waals surface area contributed by atoms with Crippen LogP contribution < -0.4 is 0 Å². The largest absolute Gasteiger partial charge is 0.385 e. The van der Waals surface area contributed by atoms with E-state index >= 15 is 0 Å². The first-order valence-corrected chi connectivity index (χ1v) is 4.89. The second-order valence-corrected chi connectivity index (χ2v) is 2.68. The lowest BCUT2D eigenvalue weighted by Gasteiger charge is -1.89. The summed E-state index contributed by atoms with van der Waals surface area (Å²) in [6, 6.07) is 10.4. The van der Waals surface area contributed by atoms with Crippen molar-refractivity contribution in [2.24, 2.45) is 0 Å². The summed E-state index contributed by atoms with van der Waals surface area (Å²) in [6.07, 6.45) is 1.06. The molecule has 0 aliphatic heterocycles. The van der Waals surface area contributed by atoms with Gasteiger partial charge in [0.15, 0.2) is 0 Å². The molecule has 1 rings (SSSR count). The van der Waals surface area contributed by atoms with E-state index in [0.29, 0.717) is 0 Å². The Hall–Kier alpha value is -0.390. The molecule has 1 unspecified atom stereocenters. The van der Waals surface area contributed by atoms with Crippen molar-refractivity contribution < 1.29 is 4.74 Å². The van der Waals surface area contributed by atoms with E-state index in [-0.39, 0.29) is 0 Å². The second-order valence-electron chi connectivity index (χ2n) is 2.27. The molecule has 0 aliphatic carbocycles. The molecule has 0 amide bonds. The zero-order chi connectivity index (χ0) is 9.23. The molecule has 0 heterocycles. The van der Waals surface area contributed by atoms with Gasteiger partial charge < -0.3 is 4.74 Å². The summed E-state index contributed by atoms with van der Waals surface area (Å²) in [7, 11) is 4.37. The maximum absolute atomic E-state index is 4.54. The Labute approximate surface area is 77.3 Å². The zero-order valence-electron chi connectivity index (χ0n) is 7.79. The summed E-state index contributed by atoms with van der Waals surface area (Å²) >= 11 is 0. The maximum Gasteiger partial charge on any atom is 0.0433 e. The number of hydrogen-bond acceptors (Lipinski definition) is 1.